The highest BCUT2D eigenvalue weighted by atomic mass is 32.2. The topological polar surface area (TPSA) is 73.6 Å². The fourth-order valence-corrected chi connectivity index (χ4v) is 2.81. The van der Waals surface area contributed by atoms with Gasteiger partial charge in [-0.25, -0.2) is 4.98 Å². The molecule has 0 aliphatic heterocycles. The zero-order valence-electron chi connectivity index (χ0n) is 11.3. The van der Waals surface area contributed by atoms with Crippen LogP contribution < -0.4 is 10.9 Å². The molecule has 2 aromatic rings. The van der Waals surface area contributed by atoms with Crippen molar-refractivity contribution in [3.05, 3.63) is 28.4 Å². The van der Waals surface area contributed by atoms with E-state index in [0.717, 1.165) is 23.4 Å². The van der Waals surface area contributed by atoms with Gasteiger partial charge in [-0.15, -0.1) is 0 Å². The molecule has 0 unspecified atom stereocenters. The number of nitrogens with one attached hydrogen (secondary N) is 3. The van der Waals surface area contributed by atoms with Crippen LogP contribution in [0.15, 0.2) is 17.3 Å². The first kappa shape index (κ1) is 14.1. The molecule has 6 heteroatoms. The highest BCUT2D eigenvalue weighted by molar-refractivity contribution is 7.99. The van der Waals surface area contributed by atoms with Crippen LogP contribution >= 0.6 is 11.8 Å². The Bertz CT molecular complexity index is 577. The highest BCUT2D eigenvalue weighted by Crippen LogP contribution is 2.12. The van der Waals surface area contributed by atoms with Crippen molar-refractivity contribution < 1.29 is 0 Å². The number of aromatic nitrogens is 3. The Kier molecular flexibility index (Phi) is 5.04. The van der Waals surface area contributed by atoms with E-state index < -0.39 is 0 Å². The number of thioether (sulfide) groups is 1. The molecule has 0 spiro atoms. The van der Waals surface area contributed by atoms with Crippen molar-refractivity contribution in [3.63, 3.8) is 0 Å². The SMILES string of the molecule is CCCSC[C@H](C)NCc1c[nH]c2c(=O)[nH]cnc12. The molecule has 2 rings (SSSR count). The fourth-order valence-electron chi connectivity index (χ4n) is 1.89. The summed E-state index contributed by atoms with van der Waals surface area (Å²) in [7, 11) is 0. The summed E-state index contributed by atoms with van der Waals surface area (Å²) in [6, 6.07) is 0.448. The van der Waals surface area contributed by atoms with Gasteiger partial charge in [-0.1, -0.05) is 6.92 Å². The van der Waals surface area contributed by atoms with E-state index in [-0.39, 0.29) is 5.56 Å². The average Bonchev–Trinajstić information content (AvgIpc) is 2.81. The second-order valence-corrected chi connectivity index (χ2v) is 5.78. The van der Waals surface area contributed by atoms with Gasteiger partial charge in [0.1, 0.15) is 5.52 Å². The molecule has 0 amide bonds. The Morgan fingerprint density at radius 2 is 2.32 bits per heavy atom. The van der Waals surface area contributed by atoms with Crippen LogP contribution in [0, 0.1) is 0 Å². The Hall–Kier alpha value is -1.27. The molecule has 19 heavy (non-hydrogen) atoms. The van der Waals surface area contributed by atoms with Gasteiger partial charge in [-0.3, -0.25) is 4.79 Å². The third-order valence-electron chi connectivity index (χ3n) is 2.91. The maximum atomic E-state index is 11.6. The van der Waals surface area contributed by atoms with Crippen molar-refractivity contribution >= 4 is 22.8 Å². The van der Waals surface area contributed by atoms with E-state index >= 15 is 0 Å². The molecule has 3 N–H and O–H groups in total. The van der Waals surface area contributed by atoms with E-state index in [2.05, 4.69) is 34.1 Å². The summed E-state index contributed by atoms with van der Waals surface area (Å²) in [6.45, 7) is 5.10. The van der Waals surface area contributed by atoms with Crippen LogP contribution in [0.4, 0.5) is 0 Å². The molecular weight excluding hydrogens is 260 g/mol. The molecule has 104 valence electrons. The monoisotopic (exact) mass is 280 g/mol. The molecule has 2 aromatic heterocycles. The highest BCUT2D eigenvalue weighted by Gasteiger charge is 2.08. The standard InChI is InChI=1S/C13H20N4OS/c1-3-4-19-7-9(2)14-5-10-6-15-12-11(10)16-8-17-13(12)18/h6,8-9,14-15H,3-5,7H2,1-2H3,(H,16,17,18)/t9-/m0/s1. The van der Waals surface area contributed by atoms with Gasteiger partial charge in [0.25, 0.3) is 5.56 Å². The molecule has 5 nitrogen and oxygen atoms in total. The molecule has 0 bridgehead atoms. The predicted molar refractivity (Wildman–Crippen MR) is 80.6 cm³/mol. The van der Waals surface area contributed by atoms with E-state index in [4.69, 9.17) is 0 Å². The molecule has 1 atom stereocenters. The van der Waals surface area contributed by atoms with E-state index in [9.17, 15) is 4.79 Å². The summed E-state index contributed by atoms with van der Waals surface area (Å²) in [5, 5.41) is 3.46. The number of rotatable bonds is 7. The number of aromatic amines is 2. The van der Waals surface area contributed by atoms with Crippen molar-refractivity contribution in [1.82, 2.24) is 20.3 Å². The van der Waals surface area contributed by atoms with Gasteiger partial charge in [-0.05, 0) is 19.1 Å². The maximum absolute atomic E-state index is 11.6. The van der Waals surface area contributed by atoms with Crippen molar-refractivity contribution in [3.8, 4) is 0 Å². The Labute approximate surface area is 116 Å². The predicted octanol–water partition coefficient (Wildman–Crippen LogP) is 1.87. The van der Waals surface area contributed by atoms with Crippen LogP contribution in [0.1, 0.15) is 25.8 Å². The van der Waals surface area contributed by atoms with Gasteiger partial charge in [-0.2, -0.15) is 11.8 Å². The van der Waals surface area contributed by atoms with Gasteiger partial charge >= 0.3 is 0 Å². The maximum Gasteiger partial charge on any atom is 0.275 e. The van der Waals surface area contributed by atoms with Gasteiger partial charge in [0.15, 0.2) is 0 Å². The van der Waals surface area contributed by atoms with Gasteiger partial charge in [0.2, 0.25) is 0 Å². The number of hydrogen-bond acceptors (Lipinski definition) is 4. The lowest BCUT2D eigenvalue weighted by molar-refractivity contribution is 0.597. The smallest absolute Gasteiger partial charge is 0.275 e. The Balaban J connectivity index is 1.95. The average molecular weight is 280 g/mol. The van der Waals surface area contributed by atoms with Gasteiger partial charge in [0, 0.05) is 30.1 Å². The summed E-state index contributed by atoms with van der Waals surface area (Å²) in [5.74, 6) is 2.31. The number of nitrogens with zero attached hydrogens (tertiary/aromatic N) is 1. The van der Waals surface area contributed by atoms with Crippen LogP contribution in [0.3, 0.4) is 0 Å². The number of hydrogen-bond donors (Lipinski definition) is 3. The molecule has 0 radical (unpaired) electrons. The van der Waals surface area contributed by atoms with Crippen LogP contribution in [-0.2, 0) is 6.54 Å². The summed E-state index contributed by atoms with van der Waals surface area (Å²) in [6.07, 6.45) is 4.51. The molecule has 0 fully saturated rings. The van der Waals surface area contributed by atoms with E-state index in [1.54, 1.807) is 0 Å². The summed E-state index contributed by atoms with van der Waals surface area (Å²) < 4.78 is 0. The van der Waals surface area contributed by atoms with Crippen LogP contribution in [0.25, 0.3) is 11.0 Å². The van der Waals surface area contributed by atoms with Crippen LogP contribution in [-0.4, -0.2) is 32.5 Å². The van der Waals surface area contributed by atoms with E-state index in [1.165, 1.54) is 18.5 Å². The van der Waals surface area contributed by atoms with Crippen molar-refractivity contribution in [1.29, 1.82) is 0 Å². The summed E-state index contributed by atoms with van der Waals surface area (Å²) in [5.41, 5.74) is 2.22. The lowest BCUT2D eigenvalue weighted by atomic mass is 10.2. The van der Waals surface area contributed by atoms with E-state index in [0.29, 0.717) is 11.6 Å². The molecule has 0 saturated carbocycles. The molecule has 2 heterocycles. The summed E-state index contributed by atoms with van der Waals surface area (Å²) in [4.78, 5) is 21.3. The van der Waals surface area contributed by atoms with Gasteiger partial charge < -0.3 is 15.3 Å². The second-order valence-electron chi connectivity index (χ2n) is 4.63. The minimum atomic E-state index is -0.122. The largest absolute Gasteiger partial charge is 0.355 e. The Morgan fingerprint density at radius 3 is 3.11 bits per heavy atom. The van der Waals surface area contributed by atoms with E-state index in [1.807, 2.05) is 18.0 Å². The first-order chi connectivity index (χ1) is 9.22. The fraction of sp³-hybridized carbons (Fsp3) is 0.538. The van der Waals surface area contributed by atoms with Crippen molar-refractivity contribution in [2.75, 3.05) is 11.5 Å². The second kappa shape index (κ2) is 6.77. The normalized spacial score (nSPS) is 12.9. The first-order valence-corrected chi connectivity index (χ1v) is 7.72. The molecule has 0 aliphatic carbocycles. The quantitative estimate of drug-likeness (QED) is 0.677. The number of fused-ring (bicyclic) bond motifs is 1. The lowest BCUT2D eigenvalue weighted by Crippen LogP contribution is -2.27. The molecule has 0 saturated heterocycles. The molecule has 0 aromatic carbocycles. The summed E-state index contributed by atoms with van der Waals surface area (Å²) >= 11 is 1.96. The Morgan fingerprint density at radius 1 is 1.47 bits per heavy atom. The third-order valence-corrected chi connectivity index (χ3v) is 4.34. The first-order valence-electron chi connectivity index (χ1n) is 6.57. The molecular formula is C13H20N4OS. The third kappa shape index (κ3) is 3.61. The minimum absolute atomic E-state index is 0.122. The lowest BCUT2D eigenvalue weighted by Gasteiger charge is -2.12. The van der Waals surface area contributed by atoms with Gasteiger partial charge in [0.05, 0.1) is 11.8 Å². The van der Waals surface area contributed by atoms with Crippen molar-refractivity contribution in [2.24, 2.45) is 0 Å². The van der Waals surface area contributed by atoms with Crippen LogP contribution in [0.5, 0.6) is 0 Å². The molecule has 0 aliphatic rings. The number of H-pyrrole nitrogens is 2. The van der Waals surface area contributed by atoms with Crippen LogP contribution in [0.2, 0.25) is 0 Å². The zero-order valence-corrected chi connectivity index (χ0v) is 12.1. The zero-order chi connectivity index (χ0) is 13.7. The van der Waals surface area contributed by atoms with Crippen molar-refractivity contribution in [2.45, 2.75) is 32.9 Å². The minimum Gasteiger partial charge on any atom is -0.355 e.